The Balaban J connectivity index is 1.30. The van der Waals surface area contributed by atoms with Gasteiger partial charge in [-0.3, -0.25) is 0 Å². The molecular formula is C24H30N2O. The van der Waals surface area contributed by atoms with Crippen LogP contribution >= 0.6 is 0 Å². The molecule has 1 N–H and O–H groups in total. The van der Waals surface area contributed by atoms with E-state index in [4.69, 9.17) is 4.74 Å². The summed E-state index contributed by atoms with van der Waals surface area (Å²) in [5, 5.41) is 3.55. The summed E-state index contributed by atoms with van der Waals surface area (Å²) in [7, 11) is 0. The molecular weight excluding hydrogens is 332 g/mol. The third kappa shape index (κ3) is 2.88. The molecule has 1 saturated carbocycles. The second-order valence-corrected chi connectivity index (χ2v) is 8.52. The van der Waals surface area contributed by atoms with Crippen molar-refractivity contribution in [1.82, 2.24) is 5.32 Å². The maximum atomic E-state index is 6.31. The Labute approximate surface area is 162 Å². The van der Waals surface area contributed by atoms with Crippen LogP contribution < -0.4 is 10.2 Å². The largest absolute Gasteiger partial charge is 0.371 e. The summed E-state index contributed by atoms with van der Waals surface area (Å²) >= 11 is 0. The van der Waals surface area contributed by atoms with E-state index in [1.54, 1.807) is 0 Å². The summed E-state index contributed by atoms with van der Waals surface area (Å²) in [4.78, 5) is 2.53. The number of fused-ring (bicyclic) bond motifs is 1. The van der Waals surface area contributed by atoms with Gasteiger partial charge >= 0.3 is 0 Å². The van der Waals surface area contributed by atoms with Gasteiger partial charge in [0.2, 0.25) is 0 Å². The van der Waals surface area contributed by atoms with Crippen molar-refractivity contribution in [3.05, 3.63) is 65.7 Å². The Bertz CT molecular complexity index is 780. The number of hydrogen-bond acceptors (Lipinski definition) is 3. The van der Waals surface area contributed by atoms with Gasteiger partial charge in [-0.1, -0.05) is 42.5 Å². The first-order valence-electron chi connectivity index (χ1n) is 10.5. The van der Waals surface area contributed by atoms with Crippen molar-refractivity contribution in [2.45, 2.75) is 37.2 Å². The summed E-state index contributed by atoms with van der Waals surface area (Å²) in [6.45, 7) is 7.33. The molecule has 1 aliphatic carbocycles. The van der Waals surface area contributed by atoms with Gasteiger partial charge in [0.05, 0.1) is 5.60 Å². The second-order valence-electron chi connectivity index (χ2n) is 8.52. The monoisotopic (exact) mass is 362 g/mol. The van der Waals surface area contributed by atoms with Gasteiger partial charge in [-0.25, -0.2) is 0 Å². The van der Waals surface area contributed by atoms with Gasteiger partial charge in [0.15, 0.2) is 0 Å². The van der Waals surface area contributed by atoms with Crippen LogP contribution in [-0.2, 0) is 15.8 Å². The molecule has 0 radical (unpaired) electrons. The molecule has 3 nitrogen and oxygen atoms in total. The Morgan fingerprint density at radius 2 is 1.74 bits per heavy atom. The molecule has 2 heterocycles. The molecule has 3 heteroatoms. The number of anilines is 1. The van der Waals surface area contributed by atoms with Gasteiger partial charge in [0.25, 0.3) is 0 Å². The lowest BCUT2D eigenvalue weighted by Gasteiger charge is -2.43. The highest BCUT2D eigenvalue weighted by Crippen LogP contribution is 2.56. The summed E-state index contributed by atoms with van der Waals surface area (Å²) in [5.41, 5.74) is 4.55. The van der Waals surface area contributed by atoms with Gasteiger partial charge in [0, 0.05) is 37.3 Å². The molecule has 2 aromatic rings. The van der Waals surface area contributed by atoms with Crippen molar-refractivity contribution >= 4 is 5.69 Å². The lowest BCUT2D eigenvalue weighted by Crippen LogP contribution is -2.44. The minimum Gasteiger partial charge on any atom is -0.371 e. The molecule has 2 unspecified atom stereocenters. The maximum absolute atomic E-state index is 6.31. The molecule has 0 bridgehead atoms. The fourth-order valence-corrected chi connectivity index (χ4v) is 5.45. The van der Waals surface area contributed by atoms with Crippen LogP contribution in [0.1, 0.15) is 37.3 Å². The van der Waals surface area contributed by atoms with E-state index in [0.29, 0.717) is 5.41 Å². The molecule has 3 fully saturated rings. The van der Waals surface area contributed by atoms with Crippen LogP contribution in [0.5, 0.6) is 0 Å². The Morgan fingerprint density at radius 1 is 1.00 bits per heavy atom. The molecule has 2 aliphatic heterocycles. The highest BCUT2D eigenvalue weighted by atomic mass is 16.5. The van der Waals surface area contributed by atoms with Gasteiger partial charge in [-0.15, -0.1) is 0 Å². The van der Waals surface area contributed by atoms with E-state index in [1.165, 1.54) is 29.8 Å². The fourth-order valence-electron chi connectivity index (χ4n) is 5.45. The normalized spacial score (nSPS) is 28.8. The van der Waals surface area contributed by atoms with Crippen LogP contribution in [0.15, 0.2) is 54.6 Å². The van der Waals surface area contributed by atoms with Crippen LogP contribution in [0.2, 0.25) is 0 Å². The number of rotatable bonds is 5. The molecule has 27 heavy (non-hydrogen) atoms. The highest BCUT2D eigenvalue weighted by molar-refractivity contribution is 5.51. The van der Waals surface area contributed by atoms with E-state index in [2.05, 4.69) is 71.7 Å². The lowest BCUT2D eigenvalue weighted by molar-refractivity contribution is -0.0617. The van der Waals surface area contributed by atoms with Crippen molar-refractivity contribution in [3.63, 3.8) is 0 Å². The van der Waals surface area contributed by atoms with E-state index < -0.39 is 0 Å². The van der Waals surface area contributed by atoms with Crippen molar-refractivity contribution < 1.29 is 4.74 Å². The van der Waals surface area contributed by atoms with Crippen LogP contribution in [-0.4, -0.2) is 32.8 Å². The Morgan fingerprint density at radius 3 is 2.33 bits per heavy atom. The smallest absolute Gasteiger partial charge is 0.0964 e. The van der Waals surface area contributed by atoms with Crippen molar-refractivity contribution in [3.8, 4) is 0 Å². The number of piperidine rings is 2. The quantitative estimate of drug-likeness (QED) is 0.867. The summed E-state index contributed by atoms with van der Waals surface area (Å²) in [5.74, 6) is 0.871. The first-order valence-corrected chi connectivity index (χ1v) is 10.5. The molecule has 2 aromatic carbocycles. The first-order chi connectivity index (χ1) is 13.3. The number of nitrogens with one attached hydrogen (secondary N) is 1. The summed E-state index contributed by atoms with van der Waals surface area (Å²) in [6.07, 6.45) is 3.46. The molecule has 2 saturated heterocycles. The molecule has 0 aromatic heterocycles. The third-order valence-corrected chi connectivity index (χ3v) is 7.16. The first kappa shape index (κ1) is 17.3. The molecule has 0 amide bonds. The molecule has 3 aliphatic rings. The van der Waals surface area contributed by atoms with Crippen LogP contribution in [0.25, 0.3) is 0 Å². The van der Waals surface area contributed by atoms with E-state index in [1.807, 2.05) is 0 Å². The summed E-state index contributed by atoms with van der Waals surface area (Å²) in [6, 6.07) is 20.2. The zero-order valence-electron chi connectivity index (χ0n) is 16.3. The summed E-state index contributed by atoms with van der Waals surface area (Å²) < 4.78 is 6.31. The van der Waals surface area contributed by atoms with Crippen molar-refractivity contribution in [1.29, 1.82) is 0 Å². The van der Waals surface area contributed by atoms with E-state index in [-0.39, 0.29) is 5.60 Å². The van der Waals surface area contributed by atoms with Crippen LogP contribution in [0, 0.1) is 5.92 Å². The van der Waals surface area contributed by atoms with Crippen molar-refractivity contribution in [2.24, 2.45) is 5.92 Å². The number of ether oxygens (including phenoxy) is 1. The highest BCUT2D eigenvalue weighted by Gasteiger charge is 2.57. The minimum atomic E-state index is -0.123. The average molecular weight is 363 g/mol. The molecule has 0 spiro atoms. The van der Waals surface area contributed by atoms with Crippen molar-refractivity contribution in [2.75, 3.05) is 37.7 Å². The van der Waals surface area contributed by atoms with E-state index in [9.17, 15) is 0 Å². The van der Waals surface area contributed by atoms with Gasteiger partial charge in [0.1, 0.15) is 0 Å². The van der Waals surface area contributed by atoms with Crippen LogP contribution in [0.3, 0.4) is 0 Å². The SMILES string of the molecule is CCOC1(c2ccccc2)CCN(c2ccc(C34CNCC3C4)cc2)CC1. The number of hydrogen-bond donors (Lipinski definition) is 1. The minimum absolute atomic E-state index is 0.123. The number of nitrogens with zero attached hydrogens (tertiary/aromatic N) is 1. The van der Waals surface area contributed by atoms with E-state index >= 15 is 0 Å². The molecule has 142 valence electrons. The van der Waals surface area contributed by atoms with Gasteiger partial charge < -0.3 is 15.0 Å². The predicted octanol–water partition coefficient (Wildman–Crippen LogP) is 4.08. The second kappa shape index (κ2) is 6.65. The van der Waals surface area contributed by atoms with Crippen LogP contribution in [0.4, 0.5) is 5.69 Å². The maximum Gasteiger partial charge on any atom is 0.0964 e. The topological polar surface area (TPSA) is 24.5 Å². The lowest BCUT2D eigenvalue weighted by atomic mass is 9.84. The third-order valence-electron chi connectivity index (χ3n) is 7.16. The Hall–Kier alpha value is -1.84. The van der Waals surface area contributed by atoms with Gasteiger partial charge in [-0.2, -0.15) is 0 Å². The number of benzene rings is 2. The zero-order chi connectivity index (χ0) is 18.3. The zero-order valence-corrected chi connectivity index (χ0v) is 16.3. The average Bonchev–Trinajstić information content (AvgIpc) is 3.30. The predicted molar refractivity (Wildman–Crippen MR) is 110 cm³/mol. The van der Waals surface area contributed by atoms with Gasteiger partial charge in [-0.05, 0) is 61.9 Å². The Kier molecular flexibility index (Phi) is 4.25. The fraction of sp³-hybridized carbons (Fsp3) is 0.500. The molecule has 2 atom stereocenters. The standard InChI is InChI=1S/C24H30N2O/c1-2-27-24(20-6-4-3-5-7-20)12-14-26(15-13-24)22-10-8-19(9-11-22)23-16-21(23)17-25-18-23/h3-11,21,25H,2,12-18H2,1H3. The molecule has 5 rings (SSSR count). The van der Waals surface area contributed by atoms with E-state index in [0.717, 1.165) is 45.0 Å².